The minimum atomic E-state index is -0.311. The van der Waals surface area contributed by atoms with Gasteiger partial charge in [0.05, 0.1) is 0 Å². The first-order valence-corrected chi connectivity index (χ1v) is 7.37. The quantitative estimate of drug-likeness (QED) is 0.773. The number of halogens is 1. The van der Waals surface area contributed by atoms with E-state index in [1.807, 2.05) is 32.0 Å². The van der Waals surface area contributed by atoms with Crippen LogP contribution in [-0.4, -0.2) is 22.0 Å². The van der Waals surface area contributed by atoms with E-state index in [4.69, 9.17) is 0 Å². The van der Waals surface area contributed by atoms with E-state index in [0.29, 0.717) is 23.7 Å². The van der Waals surface area contributed by atoms with E-state index < -0.39 is 0 Å². The van der Waals surface area contributed by atoms with Gasteiger partial charge in [-0.25, -0.2) is 14.4 Å². The summed E-state index contributed by atoms with van der Waals surface area (Å²) in [7, 11) is 1.81. The topological polar surface area (TPSA) is 62.7 Å². The summed E-state index contributed by atoms with van der Waals surface area (Å²) in [5, 5.41) is 6.99. The number of rotatable bonds is 4. The van der Waals surface area contributed by atoms with Crippen molar-refractivity contribution in [2.45, 2.75) is 20.4 Å². The van der Waals surface area contributed by atoms with Crippen LogP contribution in [-0.2, 0) is 6.54 Å². The molecule has 118 valence electrons. The fourth-order valence-electron chi connectivity index (χ4n) is 2.45. The highest BCUT2D eigenvalue weighted by molar-refractivity contribution is 5.80. The normalized spacial score (nSPS) is 10.8. The van der Waals surface area contributed by atoms with Crippen molar-refractivity contribution in [1.82, 2.24) is 15.0 Å². The second-order valence-corrected chi connectivity index (χ2v) is 5.45. The molecule has 0 bridgehead atoms. The Hall–Kier alpha value is -2.76. The highest BCUT2D eigenvalue weighted by Gasteiger charge is 2.06. The highest BCUT2D eigenvalue weighted by Crippen LogP contribution is 2.20. The molecule has 0 aliphatic heterocycles. The number of fused-ring (bicyclic) bond motifs is 1. The van der Waals surface area contributed by atoms with Crippen LogP contribution in [0.25, 0.3) is 10.9 Å². The minimum Gasteiger partial charge on any atom is -0.373 e. The van der Waals surface area contributed by atoms with Crippen molar-refractivity contribution in [3.8, 4) is 0 Å². The van der Waals surface area contributed by atoms with Crippen molar-refractivity contribution < 1.29 is 4.39 Å². The van der Waals surface area contributed by atoms with Crippen molar-refractivity contribution in [2.75, 3.05) is 17.7 Å². The SMILES string of the molecule is CNc1cc(NCc2cc(F)c3ncc(C)cc3c2)nc(C)n1. The summed E-state index contributed by atoms with van der Waals surface area (Å²) in [6.07, 6.45) is 1.67. The highest BCUT2D eigenvalue weighted by atomic mass is 19.1. The van der Waals surface area contributed by atoms with Crippen LogP contribution in [0.1, 0.15) is 17.0 Å². The van der Waals surface area contributed by atoms with Gasteiger partial charge in [-0.15, -0.1) is 0 Å². The number of nitrogens with zero attached hydrogens (tertiary/aromatic N) is 3. The number of anilines is 2. The number of hydrogen-bond donors (Lipinski definition) is 2. The van der Waals surface area contributed by atoms with E-state index >= 15 is 0 Å². The number of benzene rings is 1. The Balaban J connectivity index is 1.86. The van der Waals surface area contributed by atoms with Crippen LogP contribution < -0.4 is 10.6 Å². The Morgan fingerprint density at radius 2 is 1.83 bits per heavy atom. The van der Waals surface area contributed by atoms with Crippen LogP contribution in [0.3, 0.4) is 0 Å². The third-order valence-electron chi connectivity index (χ3n) is 3.50. The van der Waals surface area contributed by atoms with Crippen LogP contribution in [0.2, 0.25) is 0 Å². The minimum absolute atomic E-state index is 0.311. The number of aromatic nitrogens is 3. The summed E-state index contributed by atoms with van der Waals surface area (Å²) >= 11 is 0. The monoisotopic (exact) mass is 311 g/mol. The summed E-state index contributed by atoms with van der Waals surface area (Å²) in [5.74, 6) is 1.80. The van der Waals surface area contributed by atoms with Crippen molar-refractivity contribution in [2.24, 2.45) is 0 Å². The van der Waals surface area contributed by atoms with E-state index in [2.05, 4.69) is 25.6 Å². The second kappa shape index (κ2) is 6.16. The number of hydrogen-bond acceptors (Lipinski definition) is 5. The zero-order chi connectivity index (χ0) is 16.4. The molecule has 23 heavy (non-hydrogen) atoms. The number of aryl methyl sites for hydroxylation is 2. The van der Waals surface area contributed by atoms with E-state index in [-0.39, 0.29) is 5.82 Å². The molecule has 3 aromatic rings. The van der Waals surface area contributed by atoms with Crippen LogP contribution in [0, 0.1) is 19.7 Å². The van der Waals surface area contributed by atoms with Crippen LogP contribution >= 0.6 is 0 Å². The van der Waals surface area contributed by atoms with Crippen molar-refractivity contribution in [3.63, 3.8) is 0 Å². The summed E-state index contributed by atoms with van der Waals surface area (Å²) in [5.41, 5.74) is 2.24. The summed E-state index contributed by atoms with van der Waals surface area (Å²) < 4.78 is 14.2. The van der Waals surface area contributed by atoms with Gasteiger partial charge in [-0.3, -0.25) is 4.98 Å². The zero-order valence-corrected chi connectivity index (χ0v) is 13.3. The lowest BCUT2D eigenvalue weighted by Gasteiger charge is -2.10. The van der Waals surface area contributed by atoms with E-state index in [0.717, 1.165) is 22.3 Å². The Bertz CT molecular complexity index is 863. The summed E-state index contributed by atoms with van der Waals surface area (Å²) in [6, 6.07) is 7.20. The molecular weight excluding hydrogens is 293 g/mol. The third-order valence-corrected chi connectivity index (χ3v) is 3.50. The molecule has 0 spiro atoms. The molecule has 2 heterocycles. The van der Waals surface area contributed by atoms with Gasteiger partial charge in [0, 0.05) is 31.2 Å². The number of nitrogens with one attached hydrogen (secondary N) is 2. The average molecular weight is 311 g/mol. The predicted octanol–water partition coefficient (Wildman–Crippen LogP) is 3.43. The molecule has 0 amide bonds. The third kappa shape index (κ3) is 3.36. The maximum atomic E-state index is 14.2. The average Bonchev–Trinajstić information content (AvgIpc) is 2.52. The van der Waals surface area contributed by atoms with Gasteiger partial charge in [-0.2, -0.15) is 0 Å². The lowest BCUT2D eigenvalue weighted by molar-refractivity contribution is 0.635. The summed E-state index contributed by atoms with van der Waals surface area (Å²) in [4.78, 5) is 12.7. The van der Waals surface area contributed by atoms with Crippen LogP contribution in [0.4, 0.5) is 16.0 Å². The Kier molecular flexibility index (Phi) is 4.06. The Morgan fingerprint density at radius 1 is 1.04 bits per heavy atom. The van der Waals surface area contributed by atoms with E-state index in [1.54, 1.807) is 13.2 Å². The molecule has 6 heteroatoms. The lowest BCUT2D eigenvalue weighted by atomic mass is 10.1. The zero-order valence-electron chi connectivity index (χ0n) is 13.3. The molecule has 2 aromatic heterocycles. The van der Waals surface area contributed by atoms with Gasteiger partial charge < -0.3 is 10.6 Å². The summed E-state index contributed by atoms with van der Waals surface area (Å²) in [6.45, 7) is 4.24. The molecule has 0 aliphatic carbocycles. The van der Waals surface area contributed by atoms with Gasteiger partial charge >= 0.3 is 0 Å². The van der Waals surface area contributed by atoms with Crippen molar-refractivity contribution in [3.05, 3.63) is 53.2 Å². The predicted molar refractivity (Wildman–Crippen MR) is 90.1 cm³/mol. The molecule has 0 unspecified atom stereocenters. The number of pyridine rings is 1. The standard InChI is InChI=1S/C17H18FN5/c1-10-4-13-5-12(6-14(18)17(13)21-8-10)9-20-16-7-15(19-3)22-11(2)23-16/h4-8H,9H2,1-3H3,(H2,19,20,22,23). The van der Waals surface area contributed by atoms with Gasteiger partial charge in [0.2, 0.25) is 0 Å². The molecular formula is C17H18FN5. The van der Waals surface area contributed by atoms with Gasteiger partial charge in [-0.1, -0.05) is 0 Å². The first-order valence-electron chi connectivity index (χ1n) is 7.37. The smallest absolute Gasteiger partial charge is 0.149 e. The molecule has 0 radical (unpaired) electrons. The Morgan fingerprint density at radius 3 is 2.61 bits per heavy atom. The van der Waals surface area contributed by atoms with Crippen LogP contribution in [0.5, 0.6) is 0 Å². The second-order valence-electron chi connectivity index (χ2n) is 5.45. The van der Waals surface area contributed by atoms with Gasteiger partial charge in [0.25, 0.3) is 0 Å². The fraction of sp³-hybridized carbons (Fsp3) is 0.235. The van der Waals surface area contributed by atoms with Gasteiger partial charge in [-0.05, 0) is 43.2 Å². The molecule has 0 saturated heterocycles. The van der Waals surface area contributed by atoms with Crippen LogP contribution in [0.15, 0.2) is 30.5 Å². The maximum absolute atomic E-state index is 14.2. The van der Waals surface area contributed by atoms with Crippen molar-refractivity contribution >= 4 is 22.5 Å². The first kappa shape index (κ1) is 15.1. The van der Waals surface area contributed by atoms with Crippen molar-refractivity contribution in [1.29, 1.82) is 0 Å². The fourth-order valence-corrected chi connectivity index (χ4v) is 2.45. The molecule has 0 fully saturated rings. The molecule has 0 aliphatic rings. The molecule has 5 nitrogen and oxygen atoms in total. The van der Waals surface area contributed by atoms with Gasteiger partial charge in [0.15, 0.2) is 0 Å². The molecule has 2 N–H and O–H groups in total. The largest absolute Gasteiger partial charge is 0.373 e. The van der Waals surface area contributed by atoms with Gasteiger partial charge in [0.1, 0.15) is 28.8 Å². The lowest BCUT2D eigenvalue weighted by Crippen LogP contribution is -2.05. The molecule has 3 rings (SSSR count). The van der Waals surface area contributed by atoms with E-state index in [9.17, 15) is 4.39 Å². The first-order chi connectivity index (χ1) is 11.0. The molecule has 0 saturated carbocycles. The van der Waals surface area contributed by atoms with E-state index in [1.165, 1.54) is 6.07 Å². The Labute approximate surface area is 134 Å². The maximum Gasteiger partial charge on any atom is 0.149 e. The molecule has 1 aromatic carbocycles. The molecule has 0 atom stereocenters.